The minimum atomic E-state index is -3.42. The van der Waals surface area contributed by atoms with Gasteiger partial charge in [-0.1, -0.05) is 6.92 Å². The molecule has 0 aromatic heterocycles. The van der Waals surface area contributed by atoms with Crippen LogP contribution in [0.25, 0.3) is 0 Å². The van der Waals surface area contributed by atoms with E-state index in [0.29, 0.717) is 31.8 Å². The molecular weight excluding hydrogens is 242 g/mol. The molecule has 0 aliphatic carbocycles. The Balaban J connectivity index is 3.54. The second-order valence-electron chi connectivity index (χ2n) is 4.29. The lowest BCUT2D eigenvalue weighted by Gasteiger charge is -2.09. The van der Waals surface area contributed by atoms with Crippen LogP contribution in [0.1, 0.15) is 32.6 Å². The zero-order valence-corrected chi connectivity index (χ0v) is 11.1. The molecule has 0 aliphatic rings. The summed E-state index contributed by atoms with van der Waals surface area (Å²) in [4.78, 5) is 11.4. The van der Waals surface area contributed by atoms with Crippen LogP contribution in [-0.4, -0.2) is 33.2 Å². The first-order valence-corrected chi connectivity index (χ1v) is 7.54. The summed E-state index contributed by atoms with van der Waals surface area (Å²) in [5.74, 6) is 0.287. The van der Waals surface area contributed by atoms with Gasteiger partial charge in [-0.05, 0) is 31.7 Å². The molecule has 6 nitrogen and oxygen atoms in total. The number of nitrogens with two attached hydrogens (primary N) is 2. The van der Waals surface area contributed by atoms with Crippen molar-refractivity contribution in [1.82, 2.24) is 5.32 Å². The van der Waals surface area contributed by atoms with E-state index in [2.05, 4.69) is 12.2 Å². The zero-order chi connectivity index (χ0) is 13.3. The molecule has 0 saturated heterocycles. The van der Waals surface area contributed by atoms with Gasteiger partial charge < -0.3 is 11.1 Å². The summed E-state index contributed by atoms with van der Waals surface area (Å²) in [6.07, 6.45) is 2.52. The molecule has 17 heavy (non-hydrogen) atoms. The number of carbonyl (C=O) groups is 1. The van der Waals surface area contributed by atoms with Crippen LogP contribution in [0.3, 0.4) is 0 Å². The molecule has 5 N–H and O–H groups in total. The molecular formula is C10H23N3O3S. The first-order valence-electron chi connectivity index (χ1n) is 5.82. The SMILES string of the molecule is CC(CCN)CCC(=O)NCCCS(N)(=O)=O. The third-order valence-electron chi connectivity index (χ3n) is 2.45. The second-order valence-corrected chi connectivity index (χ2v) is 6.03. The molecule has 0 bridgehead atoms. The number of hydrogen-bond donors (Lipinski definition) is 3. The van der Waals surface area contributed by atoms with E-state index in [0.717, 1.165) is 12.8 Å². The maximum atomic E-state index is 11.4. The van der Waals surface area contributed by atoms with Crippen LogP contribution in [0.4, 0.5) is 0 Å². The monoisotopic (exact) mass is 265 g/mol. The maximum Gasteiger partial charge on any atom is 0.220 e. The fraction of sp³-hybridized carbons (Fsp3) is 0.900. The van der Waals surface area contributed by atoms with Crippen LogP contribution in [-0.2, 0) is 14.8 Å². The molecule has 7 heteroatoms. The third-order valence-corrected chi connectivity index (χ3v) is 3.31. The van der Waals surface area contributed by atoms with Gasteiger partial charge in [-0.15, -0.1) is 0 Å². The van der Waals surface area contributed by atoms with Gasteiger partial charge in [0.05, 0.1) is 5.75 Å². The van der Waals surface area contributed by atoms with Crippen LogP contribution in [0.15, 0.2) is 0 Å². The van der Waals surface area contributed by atoms with Gasteiger partial charge in [-0.2, -0.15) is 0 Å². The molecule has 0 aliphatic heterocycles. The summed E-state index contributed by atoms with van der Waals surface area (Å²) >= 11 is 0. The number of sulfonamides is 1. The lowest BCUT2D eigenvalue weighted by molar-refractivity contribution is -0.121. The molecule has 0 fully saturated rings. The van der Waals surface area contributed by atoms with Crippen molar-refractivity contribution in [2.24, 2.45) is 16.8 Å². The Hall–Kier alpha value is -0.660. The first-order chi connectivity index (χ1) is 7.85. The molecule has 0 spiro atoms. The lowest BCUT2D eigenvalue weighted by atomic mass is 10.0. The summed E-state index contributed by atoms with van der Waals surface area (Å²) < 4.78 is 21.2. The highest BCUT2D eigenvalue weighted by molar-refractivity contribution is 7.89. The van der Waals surface area contributed by atoms with Crippen molar-refractivity contribution < 1.29 is 13.2 Å². The van der Waals surface area contributed by atoms with E-state index in [4.69, 9.17) is 10.9 Å². The molecule has 0 heterocycles. The molecule has 0 saturated carbocycles. The highest BCUT2D eigenvalue weighted by Gasteiger charge is 2.06. The van der Waals surface area contributed by atoms with Gasteiger partial charge in [0.15, 0.2) is 0 Å². The van der Waals surface area contributed by atoms with Gasteiger partial charge >= 0.3 is 0 Å². The van der Waals surface area contributed by atoms with E-state index < -0.39 is 10.0 Å². The smallest absolute Gasteiger partial charge is 0.220 e. The van der Waals surface area contributed by atoms with Crippen molar-refractivity contribution in [2.45, 2.75) is 32.6 Å². The van der Waals surface area contributed by atoms with Crippen LogP contribution in [0.5, 0.6) is 0 Å². The fourth-order valence-electron chi connectivity index (χ4n) is 1.40. The van der Waals surface area contributed by atoms with Gasteiger partial charge in [0.2, 0.25) is 15.9 Å². The van der Waals surface area contributed by atoms with Gasteiger partial charge in [0.1, 0.15) is 0 Å². The summed E-state index contributed by atoms with van der Waals surface area (Å²) in [6, 6.07) is 0. The lowest BCUT2D eigenvalue weighted by Crippen LogP contribution is -2.27. The van der Waals surface area contributed by atoms with Crippen molar-refractivity contribution >= 4 is 15.9 Å². The minimum absolute atomic E-state index is 0.0525. The van der Waals surface area contributed by atoms with Crippen molar-refractivity contribution in [2.75, 3.05) is 18.8 Å². The standard InChI is InChI=1S/C10H23N3O3S/c1-9(5-6-11)3-4-10(14)13-7-2-8-17(12,15)16/h9H,2-8,11H2,1H3,(H,13,14)(H2,12,15,16). The molecule has 0 aromatic rings. The van der Waals surface area contributed by atoms with Crippen LogP contribution in [0, 0.1) is 5.92 Å². The zero-order valence-electron chi connectivity index (χ0n) is 10.3. The van der Waals surface area contributed by atoms with Gasteiger partial charge in [0.25, 0.3) is 0 Å². The Morgan fingerprint density at radius 2 is 2.00 bits per heavy atom. The number of rotatable bonds is 9. The quantitative estimate of drug-likeness (QED) is 0.489. The third kappa shape index (κ3) is 11.6. The Bertz CT molecular complexity index is 317. The molecule has 102 valence electrons. The largest absolute Gasteiger partial charge is 0.356 e. The predicted molar refractivity (Wildman–Crippen MR) is 67.7 cm³/mol. The van der Waals surface area contributed by atoms with Crippen molar-refractivity contribution in [3.8, 4) is 0 Å². The summed E-state index contributed by atoms with van der Waals surface area (Å²) in [5, 5.41) is 7.49. The number of amides is 1. The molecule has 0 rings (SSSR count). The molecule has 0 aromatic carbocycles. The van der Waals surface area contributed by atoms with Gasteiger partial charge in [0, 0.05) is 13.0 Å². The Morgan fingerprint density at radius 1 is 1.35 bits per heavy atom. The number of hydrogen-bond acceptors (Lipinski definition) is 4. The fourth-order valence-corrected chi connectivity index (χ4v) is 1.94. The average Bonchev–Trinajstić information content (AvgIpc) is 2.21. The molecule has 0 radical (unpaired) electrons. The normalized spacial score (nSPS) is 13.4. The number of primary sulfonamides is 1. The highest BCUT2D eigenvalue weighted by Crippen LogP contribution is 2.08. The van der Waals surface area contributed by atoms with E-state index in [1.807, 2.05) is 0 Å². The Morgan fingerprint density at radius 3 is 2.53 bits per heavy atom. The average molecular weight is 265 g/mol. The minimum Gasteiger partial charge on any atom is -0.356 e. The first kappa shape index (κ1) is 16.3. The van der Waals surface area contributed by atoms with E-state index in [1.165, 1.54) is 0 Å². The predicted octanol–water partition coefficient (Wildman–Crippen LogP) is -0.454. The van der Waals surface area contributed by atoms with Crippen LogP contribution in [0.2, 0.25) is 0 Å². The number of carbonyl (C=O) groups excluding carboxylic acids is 1. The van der Waals surface area contributed by atoms with Gasteiger partial charge in [-0.25, -0.2) is 13.6 Å². The summed E-state index contributed by atoms with van der Waals surface area (Å²) in [7, 11) is -3.42. The van der Waals surface area contributed by atoms with E-state index in [9.17, 15) is 13.2 Å². The Kier molecular flexibility index (Phi) is 8.11. The van der Waals surface area contributed by atoms with Crippen molar-refractivity contribution in [3.63, 3.8) is 0 Å². The van der Waals surface area contributed by atoms with Crippen molar-refractivity contribution in [3.05, 3.63) is 0 Å². The van der Waals surface area contributed by atoms with Gasteiger partial charge in [-0.3, -0.25) is 4.79 Å². The Labute approximate surface area is 103 Å². The highest BCUT2D eigenvalue weighted by atomic mass is 32.2. The number of nitrogens with one attached hydrogen (secondary N) is 1. The molecule has 1 atom stereocenters. The van der Waals surface area contributed by atoms with E-state index in [1.54, 1.807) is 0 Å². The maximum absolute atomic E-state index is 11.4. The second kappa shape index (κ2) is 8.43. The topological polar surface area (TPSA) is 115 Å². The van der Waals surface area contributed by atoms with Crippen LogP contribution >= 0.6 is 0 Å². The summed E-state index contributed by atoms with van der Waals surface area (Å²) in [6.45, 7) is 3.04. The molecule has 1 amide bonds. The van der Waals surface area contributed by atoms with E-state index >= 15 is 0 Å². The van der Waals surface area contributed by atoms with Crippen LogP contribution < -0.4 is 16.2 Å². The van der Waals surface area contributed by atoms with Crippen molar-refractivity contribution in [1.29, 1.82) is 0 Å². The van der Waals surface area contributed by atoms with E-state index in [-0.39, 0.29) is 11.7 Å². The summed E-state index contributed by atoms with van der Waals surface area (Å²) in [5.41, 5.74) is 5.41. The molecule has 1 unspecified atom stereocenters.